The van der Waals surface area contributed by atoms with Crippen LogP contribution in [0, 0.1) is 6.92 Å². The molecule has 0 unspecified atom stereocenters. The van der Waals surface area contributed by atoms with Gasteiger partial charge in [0, 0.05) is 31.1 Å². The Labute approximate surface area is 143 Å². The first kappa shape index (κ1) is 15.0. The molecule has 8 heteroatoms. The summed E-state index contributed by atoms with van der Waals surface area (Å²) in [6.45, 7) is 1.98. The van der Waals surface area contributed by atoms with Crippen molar-refractivity contribution in [3.63, 3.8) is 0 Å². The Morgan fingerprint density at radius 3 is 2.52 bits per heavy atom. The van der Waals surface area contributed by atoms with Crippen LogP contribution in [0.3, 0.4) is 0 Å². The number of hydrogen-bond acceptors (Lipinski definition) is 7. The molecule has 0 amide bonds. The Morgan fingerprint density at radius 1 is 1.00 bits per heavy atom. The fraction of sp³-hybridized carbons (Fsp3) is 0.118. The lowest BCUT2D eigenvalue weighted by Gasteiger charge is -2.05. The summed E-state index contributed by atoms with van der Waals surface area (Å²) in [4.78, 5) is 13.4. The maximum Gasteiger partial charge on any atom is 0.228 e. The molecule has 8 nitrogen and oxygen atoms in total. The number of hydrogen-bond donors (Lipinski definition) is 1. The highest BCUT2D eigenvalue weighted by Crippen LogP contribution is 2.21. The topological polar surface area (TPSA) is 94.6 Å². The summed E-state index contributed by atoms with van der Waals surface area (Å²) in [6, 6.07) is 11.2. The van der Waals surface area contributed by atoms with Gasteiger partial charge < -0.3 is 9.84 Å². The van der Waals surface area contributed by atoms with Crippen molar-refractivity contribution >= 4 is 11.8 Å². The zero-order chi connectivity index (χ0) is 17.2. The summed E-state index contributed by atoms with van der Waals surface area (Å²) in [6.07, 6.45) is 3.20. The molecule has 0 bridgehead atoms. The van der Waals surface area contributed by atoms with Gasteiger partial charge in [0.05, 0.1) is 17.1 Å². The molecule has 0 aliphatic rings. The fourth-order valence-corrected chi connectivity index (χ4v) is 2.36. The fourth-order valence-electron chi connectivity index (χ4n) is 2.36. The normalized spacial score (nSPS) is 10.8. The molecule has 0 radical (unpaired) electrons. The summed E-state index contributed by atoms with van der Waals surface area (Å²) in [5, 5.41) is 11.4. The van der Waals surface area contributed by atoms with Crippen LogP contribution in [0.25, 0.3) is 22.8 Å². The summed E-state index contributed by atoms with van der Waals surface area (Å²) in [5.74, 6) is 1.16. The monoisotopic (exact) mass is 333 g/mol. The minimum Gasteiger partial charge on any atom is -0.364 e. The molecule has 0 atom stereocenters. The van der Waals surface area contributed by atoms with Crippen molar-refractivity contribution in [2.24, 2.45) is 7.05 Å². The van der Waals surface area contributed by atoms with Gasteiger partial charge in [-0.25, -0.2) is 15.0 Å². The Morgan fingerprint density at radius 2 is 1.80 bits per heavy atom. The van der Waals surface area contributed by atoms with Crippen molar-refractivity contribution < 1.29 is 4.52 Å². The average molecular weight is 333 g/mol. The Balaban J connectivity index is 1.64. The predicted molar refractivity (Wildman–Crippen MR) is 92.0 cm³/mol. The highest BCUT2D eigenvalue weighted by molar-refractivity contribution is 5.62. The molecular formula is C17H15N7O. The van der Waals surface area contributed by atoms with Gasteiger partial charge in [-0.05, 0) is 25.1 Å². The minimum atomic E-state index is 0.462. The Kier molecular flexibility index (Phi) is 3.70. The van der Waals surface area contributed by atoms with Gasteiger partial charge in [-0.1, -0.05) is 11.2 Å². The van der Waals surface area contributed by atoms with Crippen LogP contribution in [-0.2, 0) is 7.05 Å². The molecule has 0 saturated carbocycles. The highest BCUT2D eigenvalue weighted by Gasteiger charge is 2.09. The zero-order valence-corrected chi connectivity index (χ0v) is 13.7. The van der Waals surface area contributed by atoms with Gasteiger partial charge in [0.1, 0.15) is 12.0 Å². The lowest BCUT2D eigenvalue weighted by atomic mass is 10.2. The van der Waals surface area contributed by atoms with E-state index in [0.717, 1.165) is 17.1 Å². The third-order valence-electron chi connectivity index (χ3n) is 3.72. The van der Waals surface area contributed by atoms with Gasteiger partial charge in [-0.15, -0.1) is 0 Å². The van der Waals surface area contributed by atoms with Crippen molar-refractivity contribution in [3.05, 3.63) is 54.6 Å². The number of rotatable bonds is 4. The van der Waals surface area contributed by atoms with E-state index in [-0.39, 0.29) is 0 Å². The summed E-state index contributed by atoms with van der Waals surface area (Å²) < 4.78 is 6.66. The third-order valence-corrected chi connectivity index (χ3v) is 3.72. The average Bonchev–Trinajstić information content (AvgIpc) is 3.26. The van der Waals surface area contributed by atoms with Crippen LogP contribution in [0.1, 0.15) is 5.69 Å². The standard InChI is InChI=1S/C17H15N7O/c1-11-10-16(22-24(11)2)21-17-18-8-6-14(20-17)12-4-3-5-13(19-12)15-7-9-25-23-15/h3-10H,1-2H3,(H,18,20,21,22). The summed E-state index contributed by atoms with van der Waals surface area (Å²) in [7, 11) is 1.89. The van der Waals surface area contributed by atoms with Crippen LogP contribution < -0.4 is 5.32 Å². The van der Waals surface area contributed by atoms with Crippen LogP contribution in [0.15, 0.2) is 53.4 Å². The van der Waals surface area contributed by atoms with E-state index >= 15 is 0 Å². The van der Waals surface area contributed by atoms with Crippen LogP contribution in [0.2, 0.25) is 0 Å². The van der Waals surface area contributed by atoms with Crippen molar-refractivity contribution in [3.8, 4) is 22.8 Å². The van der Waals surface area contributed by atoms with Gasteiger partial charge >= 0.3 is 0 Å². The molecule has 4 rings (SSSR count). The SMILES string of the molecule is Cc1cc(Nc2nccc(-c3cccc(-c4ccon4)n3)n2)nn1C. The number of pyridine rings is 1. The van der Waals surface area contributed by atoms with Crippen LogP contribution >= 0.6 is 0 Å². The Bertz CT molecular complexity index is 988. The highest BCUT2D eigenvalue weighted by atomic mass is 16.5. The molecule has 4 heterocycles. The zero-order valence-electron chi connectivity index (χ0n) is 13.7. The van der Waals surface area contributed by atoms with E-state index in [2.05, 4.69) is 30.5 Å². The second kappa shape index (κ2) is 6.16. The van der Waals surface area contributed by atoms with Gasteiger partial charge in [-0.3, -0.25) is 4.68 Å². The number of aryl methyl sites for hydroxylation is 2. The first-order valence-electron chi connectivity index (χ1n) is 7.68. The summed E-state index contributed by atoms with van der Waals surface area (Å²) in [5.41, 5.74) is 3.87. The first-order chi connectivity index (χ1) is 12.2. The molecular weight excluding hydrogens is 318 g/mol. The lowest BCUT2D eigenvalue weighted by molar-refractivity contribution is 0.422. The van der Waals surface area contributed by atoms with Gasteiger partial charge in [0.25, 0.3) is 0 Å². The molecule has 124 valence electrons. The molecule has 0 spiro atoms. The molecule has 0 saturated heterocycles. The maximum absolute atomic E-state index is 4.88. The van der Waals surface area contributed by atoms with Crippen molar-refractivity contribution in [1.29, 1.82) is 0 Å². The minimum absolute atomic E-state index is 0.462. The van der Waals surface area contributed by atoms with Gasteiger partial charge in [0.2, 0.25) is 5.95 Å². The summed E-state index contributed by atoms with van der Waals surface area (Å²) >= 11 is 0. The van der Waals surface area contributed by atoms with Crippen molar-refractivity contribution in [2.45, 2.75) is 6.92 Å². The van der Waals surface area contributed by atoms with E-state index in [9.17, 15) is 0 Å². The maximum atomic E-state index is 4.88. The molecule has 0 aliphatic carbocycles. The molecule has 0 fully saturated rings. The van der Waals surface area contributed by atoms with E-state index in [1.807, 2.05) is 44.3 Å². The first-order valence-corrected chi connectivity index (χ1v) is 7.68. The van der Waals surface area contributed by atoms with E-state index in [0.29, 0.717) is 23.2 Å². The van der Waals surface area contributed by atoms with Crippen LogP contribution in [-0.4, -0.2) is 29.9 Å². The van der Waals surface area contributed by atoms with E-state index < -0.39 is 0 Å². The van der Waals surface area contributed by atoms with E-state index in [4.69, 9.17) is 4.52 Å². The van der Waals surface area contributed by atoms with E-state index in [1.54, 1.807) is 16.9 Å². The lowest BCUT2D eigenvalue weighted by Crippen LogP contribution is -2.00. The quantitative estimate of drug-likeness (QED) is 0.613. The van der Waals surface area contributed by atoms with Crippen LogP contribution in [0.4, 0.5) is 11.8 Å². The molecule has 4 aromatic rings. The van der Waals surface area contributed by atoms with Crippen molar-refractivity contribution in [2.75, 3.05) is 5.32 Å². The number of anilines is 2. The predicted octanol–water partition coefficient (Wildman–Crippen LogP) is 2.98. The molecule has 4 aromatic heterocycles. The largest absolute Gasteiger partial charge is 0.364 e. The third kappa shape index (κ3) is 3.09. The van der Waals surface area contributed by atoms with Gasteiger partial charge in [-0.2, -0.15) is 5.10 Å². The van der Waals surface area contributed by atoms with Crippen LogP contribution in [0.5, 0.6) is 0 Å². The number of aromatic nitrogens is 6. The second-order valence-electron chi connectivity index (χ2n) is 5.48. The molecule has 1 N–H and O–H groups in total. The number of nitrogens with zero attached hydrogens (tertiary/aromatic N) is 6. The van der Waals surface area contributed by atoms with E-state index in [1.165, 1.54) is 6.26 Å². The number of nitrogens with one attached hydrogen (secondary N) is 1. The molecule has 0 aromatic carbocycles. The second-order valence-corrected chi connectivity index (χ2v) is 5.48. The van der Waals surface area contributed by atoms with Gasteiger partial charge in [0.15, 0.2) is 5.82 Å². The smallest absolute Gasteiger partial charge is 0.228 e. The Hall–Kier alpha value is -3.55. The molecule has 0 aliphatic heterocycles. The molecule has 25 heavy (non-hydrogen) atoms. The van der Waals surface area contributed by atoms with Crippen molar-refractivity contribution in [1.82, 2.24) is 29.9 Å².